The monoisotopic (exact) mass is 576 g/mol. The van der Waals surface area contributed by atoms with Gasteiger partial charge in [-0.05, 0) is 41.1 Å². The SMILES string of the molecule is c1ccc(-c2nc(-c3cccc4ccc(-c5ccc6ccccc6n5)cc34)nc(-c3cccc4oc5ccccc5c34)n2)cc1. The summed E-state index contributed by atoms with van der Waals surface area (Å²) in [6.07, 6.45) is 0. The molecule has 3 aromatic heterocycles. The number of furan rings is 1. The summed E-state index contributed by atoms with van der Waals surface area (Å²) in [5.41, 5.74) is 7.32. The zero-order valence-corrected chi connectivity index (χ0v) is 24.1. The van der Waals surface area contributed by atoms with E-state index in [-0.39, 0.29) is 0 Å². The minimum Gasteiger partial charge on any atom is -0.456 e. The molecule has 5 heteroatoms. The van der Waals surface area contributed by atoms with Gasteiger partial charge in [-0.15, -0.1) is 0 Å². The Hall–Kier alpha value is -6.20. The Kier molecular flexibility index (Phi) is 5.74. The summed E-state index contributed by atoms with van der Waals surface area (Å²) >= 11 is 0. The molecular formula is C40H24N4O. The third kappa shape index (κ3) is 4.33. The Morgan fingerprint density at radius 2 is 1.09 bits per heavy atom. The van der Waals surface area contributed by atoms with Crippen molar-refractivity contribution in [1.82, 2.24) is 19.9 Å². The summed E-state index contributed by atoms with van der Waals surface area (Å²) in [7, 11) is 0. The predicted octanol–water partition coefficient (Wildman–Crippen LogP) is 10.1. The fraction of sp³-hybridized carbons (Fsp3) is 0. The van der Waals surface area contributed by atoms with Crippen molar-refractivity contribution in [2.45, 2.75) is 0 Å². The number of para-hydroxylation sites is 2. The van der Waals surface area contributed by atoms with Crippen molar-refractivity contribution in [1.29, 1.82) is 0 Å². The maximum Gasteiger partial charge on any atom is 0.164 e. The molecule has 45 heavy (non-hydrogen) atoms. The van der Waals surface area contributed by atoms with Gasteiger partial charge in [0.05, 0.1) is 11.2 Å². The lowest BCUT2D eigenvalue weighted by atomic mass is 9.99. The van der Waals surface area contributed by atoms with E-state index in [9.17, 15) is 0 Å². The molecule has 0 aliphatic heterocycles. The van der Waals surface area contributed by atoms with Gasteiger partial charge in [0.2, 0.25) is 0 Å². The van der Waals surface area contributed by atoms with Crippen LogP contribution in [0.1, 0.15) is 0 Å². The van der Waals surface area contributed by atoms with Crippen molar-refractivity contribution in [2.24, 2.45) is 0 Å². The topological polar surface area (TPSA) is 64.7 Å². The predicted molar refractivity (Wildman–Crippen MR) is 182 cm³/mol. The summed E-state index contributed by atoms with van der Waals surface area (Å²) in [5, 5.41) is 5.29. The first-order chi connectivity index (χ1) is 22.3. The molecule has 0 N–H and O–H groups in total. The average molecular weight is 577 g/mol. The number of nitrogens with zero attached hydrogens (tertiary/aromatic N) is 4. The summed E-state index contributed by atoms with van der Waals surface area (Å²) in [6.45, 7) is 0. The summed E-state index contributed by atoms with van der Waals surface area (Å²) in [6, 6.07) is 49.3. The first-order valence-electron chi connectivity index (χ1n) is 14.9. The molecule has 6 aromatic carbocycles. The van der Waals surface area contributed by atoms with Crippen LogP contribution >= 0.6 is 0 Å². The van der Waals surface area contributed by atoms with Crippen molar-refractivity contribution in [3.05, 3.63) is 146 Å². The van der Waals surface area contributed by atoms with E-state index in [0.29, 0.717) is 17.5 Å². The first-order valence-corrected chi connectivity index (χ1v) is 14.9. The maximum atomic E-state index is 6.21. The molecule has 0 bridgehead atoms. The van der Waals surface area contributed by atoms with Crippen molar-refractivity contribution in [3.8, 4) is 45.4 Å². The van der Waals surface area contributed by atoms with Crippen LogP contribution in [-0.2, 0) is 0 Å². The quantitative estimate of drug-likeness (QED) is 0.209. The van der Waals surface area contributed by atoms with Gasteiger partial charge in [-0.2, -0.15) is 0 Å². The standard InChI is InChI=1S/C40H24N4O/c1-2-11-27(12-3-1)38-42-39(44-40(43-38)31-16-9-19-36-37(31)30-14-5-7-18-35(30)45-36)29-15-8-13-25-20-21-28(24-32(25)29)34-23-22-26-10-4-6-17-33(26)41-34/h1-24H. The van der Waals surface area contributed by atoms with E-state index in [1.165, 1.54) is 0 Å². The number of hydrogen-bond acceptors (Lipinski definition) is 5. The van der Waals surface area contributed by atoms with Gasteiger partial charge in [0.1, 0.15) is 11.2 Å². The zero-order chi connectivity index (χ0) is 29.7. The second-order valence-electron chi connectivity index (χ2n) is 11.1. The highest BCUT2D eigenvalue weighted by Crippen LogP contribution is 2.37. The lowest BCUT2D eigenvalue weighted by Crippen LogP contribution is -2.01. The molecule has 0 radical (unpaired) electrons. The van der Waals surface area contributed by atoms with Gasteiger partial charge in [0.25, 0.3) is 0 Å². The minimum absolute atomic E-state index is 0.598. The Labute approximate surface area is 258 Å². The molecule has 0 atom stereocenters. The molecule has 0 fully saturated rings. The molecule has 0 aliphatic carbocycles. The molecule has 0 spiro atoms. The van der Waals surface area contributed by atoms with E-state index in [4.69, 9.17) is 24.4 Å². The molecule has 5 nitrogen and oxygen atoms in total. The molecule has 0 amide bonds. The van der Waals surface area contributed by atoms with Crippen LogP contribution in [0.3, 0.4) is 0 Å². The molecule has 0 saturated heterocycles. The van der Waals surface area contributed by atoms with Crippen LogP contribution in [0.2, 0.25) is 0 Å². The normalized spacial score (nSPS) is 11.6. The Bertz CT molecular complexity index is 2550. The van der Waals surface area contributed by atoms with Gasteiger partial charge in [-0.3, -0.25) is 0 Å². The number of fused-ring (bicyclic) bond motifs is 5. The zero-order valence-electron chi connectivity index (χ0n) is 24.1. The Balaban J connectivity index is 1.28. The summed E-state index contributed by atoms with van der Waals surface area (Å²) in [4.78, 5) is 20.2. The van der Waals surface area contributed by atoms with Crippen LogP contribution in [0.4, 0.5) is 0 Å². The van der Waals surface area contributed by atoms with Crippen molar-refractivity contribution < 1.29 is 4.42 Å². The molecule has 0 unspecified atom stereocenters. The molecule has 0 saturated carbocycles. The summed E-state index contributed by atoms with van der Waals surface area (Å²) < 4.78 is 6.21. The highest BCUT2D eigenvalue weighted by molar-refractivity contribution is 6.11. The number of benzene rings is 6. The van der Waals surface area contributed by atoms with Crippen LogP contribution in [0.5, 0.6) is 0 Å². The summed E-state index contributed by atoms with van der Waals surface area (Å²) in [5.74, 6) is 1.82. The number of rotatable bonds is 4. The van der Waals surface area contributed by atoms with Crippen molar-refractivity contribution in [2.75, 3.05) is 0 Å². The lowest BCUT2D eigenvalue weighted by Gasteiger charge is -2.12. The fourth-order valence-corrected chi connectivity index (χ4v) is 6.15. The van der Waals surface area contributed by atoms with E-state index < -0.39 is 0 Å². The largest absolute Gasteiger partial charge is 0.456 e. The number of hydrogen-bond donors (Lipinski definition) is 0. The highest BCUT2D eigenvalue weighted by Gasteiger charge is 2.18. The third-order valence-electron chi connectivity index (χ3n) is 8.33. The van der Waals surface area contributed by atoms with Crippen LogP contribution < -0.4 is 0 Å². The van der Waals surface area contributed by atoms with E-state index in [1.807, 2.05) is 78.9 Å². The molecule has 3 heterocycles. The smallest absolute Gasteiger partial charge is 0.164 e. The number of aromatic nitrogens is 4. The molecule has 9 rings (SSSR count). The second kappa shape index (κ2) is 10.2. The van der Waals surface area contributed by atoms with Crippen LogP contribution in [0, 0.1) is 0 Å². The average Bonchev–Trinajstić information content (AvgIpc) is 3.50. The van der Waals surface area contributed by atoms with Gasteiger partial charge >= 0.3 is 0 Å². The first kappa shape index (κ1) is 25.3. The maximum absolute atomic E-state index is 6.21. The van der Waals surface area contributed by atoms with Gasteiger partial charge < -0.3 is 4.42 Å². The fourth-order valence-electron chi connectivity index (χ4n) is 6.15. The van der Waals surface area contributed by atoms with E-state index >= 15 is 0 Å². The lowest BCUT2D eigenvalue weighted by molar-refractivity contribution is 0.669. The van der Waals surface area contributed by atoms with Crippen LogP contribution in [0.15, 0.2) is 150 Å². The van der Waals surface area contributed by atoms with Gasteiger partial charge in [0, 0.05) is 38.4 Å². The highest BCUT2D eigenvalue weighted by atomic mass is 16.3. The number of pyridine rings is 1. The van der Waals surface area contributed by atoms with Gasteiger partial charge in [-0.25, -0.2) is 19.9 Å². The molecule has 210 valence electrons. The Morgan fingerprint density at radius 1 is 0.400 bits per heavy atom. The van der Waals surface area contributed by atoms with Gasteiger partial charge in [-0.1, -0.05) is 115 Å². The molecular weight excluding hydrogens is 552 g/mol. The Morgan fingerprint density at radius 3 is 2.02 bits per heavy atom. The van der Waals surface area contributed by atoms with E-state index in [2.05, 4.69) is 66.7 Å². The van der Waals surface area contributed by atoms with Gasteiger partial charge in [0.15, 0.2) is 17.5 Å². The third-order valence-corrected chi connectivity index (χ3v) is 8.33. The second-order valence-corrected chi connectivity index (χ2v) is 11.1. The minimum atomic E-state index is 0.598. The van der Waals surface area contributed by atoms with Crippen LogP contribution in [-0.4, -0.2) is 19.9 Å². The molecule has 9 aromatic rings. The van der Waals surface area contributed by atoms with Crippen molar-refractivity contribution in [3.63, 3.8) is 0 Å². The van der Waals surface area contributed by atoms with E-state index in [0.717, 1.165) is 71.6 Å². The van der Waals surface area contributed by atoms with E-state index in [1.54, 1.807) is 0 Å². The van der Waals surface area contributed by atoms with Crippen LogP contribution in [0.25, 0.3) is 89.0 Å². The molecule has 0 aliphatic rings. The van der Waals surface area contributed by atoms with Crippen molar-refractivity contribution >= 4 is 43.6 Å².